The fourth-order valence-electron chi connectivity index (χ4n) is 3.93. The minimum absolute atomic E-state index is 0.203. The largest absolute Gasteiger partial charge is 0.456 e. The van der Waals surface area contributed by atoms with Crippen molar-refractivity contribution in [3.05, 3.63) is 42.0 Å². The van der Waals surface area contributed by atoms with Crippen molar-refractivity contribution in [2.45, 2.75) is 57.5 Å². The van der Waals surface area contributed by atoms with E-state index < -0.39 is 0 Å². The van der Waals surface area contributed by atoms with Gasteiger partial charge in [-0.15, -0.1) is 0 Å². The zero-order valence-corrected chi connectivity index (χ0v) is 16.0. The topological polar surface area (TPSA) is 29.5 Å². The Bertz CT molecular complexity index is 552. The molecule has 0 saturated heterocycles. The van der Waals surface area contributed by atoms with Gasteiger partial charge in [0.05, 0.1) is 0 Å². The lowest BCUT2D eigenvalue weighted by molar-refractivity contribution is -0.167. The molecule has 1 aliphatic rings. The van der Waals surface area contributed by atoms with Crippen LogP contribution in [-0.2, 0) is 9.53 Å². The molecule has 1 aromatic rings. The molecule has 1 aliphatic carbocycles. The van der Waals surface area contributed by atoms with Gasteiger partial charge in [0.1, 0.15) is 5.60 Å². The lowest BCUT2D eigenvalue weighted by Crippen LogP contribution is -2.48. The number of unbranched alkanes of at least 4 members (excludes halogenated alkanes) is 1. The summed E-state index contributed by atoms with van der Waals surface area (Å²) in [4.78, 5) is 14.8. The molecule has 3 heteroatoms. The molecule has 0 N–H and O–H groups in total. The number of benzene rings is 1. The van der Waals surface area contributed by atoms with Gasteiger partial charge in [0.2, 0.25) is 0 Å². The molecular weight excluding hydrogens is 310 g/mol. The molecule has 0 amide bonds. The molecule has 25 heavy (non-hydrogen) atoms. The average Bonchev–Trinajstić information content (AvgIpc) is 2.61. The van der Waals surface area contributed by atoms with Crippen LogP contribution in [0.5, 0.6) is 0 Å². The summed E-state index contributed by atoms with van der Waals surface area (Å²) in [6.45, 7) is 3.19. The third kappa shape index (κ3) is 6.00. The van der Waals surface area contributed by atoms with Crippen molar-refractivity contribution in [1.82, 2.24) is 4.90 Å². The minimum atomic E-state index is -0.295. The number of carbonyl (C=O) groups excluding carboxylic acids is 1. The monoisotopic (exact) mass is 343 g/mol. The number of carbonyl (C=O) groups is 1. The number of esters is 1. The molecule has 1 saturated carbocycles. The Hall–Kier alpha value is -1.61. The average molecular weight is 344 g/mol. The first-order chi connectivity index (χ1) is 12.1. The molecule has 0 aliphatic heterocycles. The summed E-state index contributed by atoms with van der Waals surface area (Å²) in [7, 11) is 4.21. The molecular formula is C22H33NO2. The van der Waals surface area contributed by atoms with Crippen LogP contribution < -0.4 is 0 Å². The molecule has 2 rings (SSSR count). The first kappa shape index (κ1) is 19.7. The van der Waals surface area contributed by atoms with Crippen molar-refractivity contribution in [2.75, 3.05) is 20.6 Å². The maximum atomic E-state index is 12.6. The van der Waals surface area contributed by atoms with E-state index in [4.69, 9.17) is 4.74 Å². The van der Waals surface area contributed by atoms with E-state index in [9.17, 15) is 4.79 Å². The van der Waals surface area contributed by atoms with E-state index >= 15 is 0 Å². The van der Waals surface area contributed by atoms with Gasteiger partial charge in [0, 0.05) is 18.5 Å². The molecule has 0 bridgehead atoms. The van der Waals surface area contributed by atoms with Gasteiger partial charge in [-0.25, -0.2) is 4.79 Å². The lowest BCUT2D eigenvalue weighted by Gasteiger charge is -2.44. The van der Waals surface area contributed by atoms with Gasteiger partial charge >= 0.3 is 5.97 Å². The summed E-state index contributed by atoms with van der Waals surface area (Å²) in [5.41, 5.74) is 0.729. The van der Waals surface area contributed by atoms with Crippen molar-refractivity contribution in [3.63, 3.8) is 0 Å². The zero-order valence-electron chi connectivity index (χ0n) is 16.0. The fourth-order valence-corrected chi connectivity index (χ4v) is 3.93. The highest BCUT2D eigenvalue weighted by atomic mass is 16.6. The Kier molecular flexibility index (Phi) is 7.70. The molecule has 0 spiro atoms. The van der Waals surface area contributed by atoms with Crippen molar-refractivity contribution in [1.29, 1.82) is 0 Å². The second kappa shape index (κ2) is 9.76. The zero-order chi connectivity index (χ0) is 18.1. The van der Waals surface area contributed by atoms with Crippen LogP contribution in [0.15, 0.2) is 36.4 Å². The van der Waals surface area contributed by atoms with Crippen LogP contribution in [-0.4, -0.2) is 37.1 Å². The standard InChI is InChI=1S/C22H33NO2/c1-4-5-16-22(17-10-9-13-20(22)18-23(2)3)25-21(24)15-14-19-11-7-6-8-12-19/h6-8,11-12,14-15,20H,4-5,9-10,13,16-18H2,1-3H3/b15-14-. The summed E-state index contributed by atoms with van der Waals surface area (Å²) in [5, 5.41) is 0. The predicted molar refractivity (Wildman–Crippen MR) is 104 cm³/mol. The van der Waals surface area contributed by atoms with Crippen molar-refractivity contribution < 1.29 is 9.53 Å². The minimum Gasteiger partial charge on any atom is -0.456 e. The third-order valence-corrected chi connectivity index (χ3v) is 5.20. The smallest absolute Gasteiger partial charge is 0.331 e. The highest BCUT2D eigenvalue weighted by molar-refractivity contribution is 5.87. The third-order valence-electron chi connectivity index (χ3n) is 5.20. The number of nitrogens with zero attached hydrogens (tertiary/aromatic N) is 1. The maximum Gasteiger partial charge on any atom is 0.331 e. The summed E-state index contributed by atoms with van der Waals surface area (Å²) in [6.07, 6.45) is 11.2. The predicted octanol–water partition coefficient (Wildman–Crippen LogP) is 4.92. The van der Waals surface area contributed by atoms with Gasteiger partial charge in [-0.2, -0.15) is 0 Å². The van der Waals surface area contributed by atoms with E-state index in [-0.39, 0.29) is 11.6 Å². The van der Waals surface area contributed by atoms with Gasteiger partial charge in [-0.1, -0.05) is 50.1 Å². The van der Waals surface area contributed by atoms with E-state index in [1.807, 2.05) is 36.4 Å². The summed E-state index contributed by atoms with van der Waals surface area (Å²) in [5.74, 6) is 0.225. The molecule has 1 fully saturated rings. The summed E-state index contributed by atoms with van der Waals surface area (Å²) >= 11 is 0. The number of hydrogen-bond acceptors (Lipinski definition) is 3. The van der Waals surface area contributed by atoms with Crippen molar-refractivity contribution in [2.24, 2.45) is 5.92 Å². The van der Waals surface area contributed by atoms with Crippen molar-refractivity contribution >= 4 is 12.0 Å². The van der Waals surface area contributed by atoms with Gasteiger partial charge in [0.25, 0.3) is 0 Å². The number of hydrogen-bond donors (Lipinski definition) is 0. The van der Waals surface area contributed by atoms with Gasteiger partial charge in [-0.3, -0.25) is 0 Å². The molecule has 3 nitrogen and oxygen atoms in total. The highest BCUT2D eigenvalue weighted by Crippen LogP contribution is 2.41. The molecule has 2 atom stereocenters. The van der Waals surface area contributed by atoms with E-state index in [1.165, 1.54) is 6.42 Å². The fraction of sp³-hybridized carbons (Fsp3) is 0.591. The first-order valence-electron chi connectivity index (χ1n) is 9.66. The normalized spacial score (nSPS) is 23.9. The van der Waals surface area contributed by atoms with Gasteiger partial charge in [0.15, 0.2) is 0 Å². The molecule has 2 unspecified atom stereocenters. The second-order valence-corrected chi connectivity index (χ2v) is 7.54. The highest BCUT2D eigenvalue weighted by Gasteiger charge is 2.43. The van der Waals surface area contributed by atoms with Crippen LogP contribution in [0.1, 0.15) is 57.4 Å². The van der Waals surface area contributed by atoms with Crippen molar-refractivity contribution in [3.8, 4) is 0 Å². The maximum absolute atomic E-state index is 12.6. The molecule has 0 heterocycles. The van der Waals surface area contributed by atoms with Crippen LogP contribution in [0.3, 0.4) is 0 Å². The lowest BCUT2D eigenvalue weighted by atomic mass is 9.72. The molecule has 0 aromatic heterocycles. The second-order valence-electron chi connectivity index (χ2n) is 7.54. The van der Waals surface area contributed by atoms with E-state index in [1.54, 1.807) is 6.08 Å². The Balaban J connectivity index is 2.11. The van der Waals surface area contributed by atoms with Crippen LogP contribution in [0, 0.1) is 5.92 Å². The van der Waals surface area contributed by atoms with Crippen LogP contribution in [0.4, 0.5) is 0 Å². The molecule has 138 valence electrons. The van der Waals surface area contributed by atoms with Crippen LogP contribution in [0.2, 0.25) is 0 Å². The molecule has 0 radical (unpaired) electrons. The quantitative estimate of drug-likeness (QED) is 0.495. The van der Waals surface area contributed by atoms with Gasteiger partial charge < -0.3 is 9.64 Å². The Morgan fingerprint density at radius 1 is 1.28 bits per heavy atom. The van der Waals surface area contributed by atoms with E-state index in [2.05, 4.69) is 25.9 Å². The van der Waals surface area contributed by atoms with Crippen LogP contribution >= 0.6 is 0 Å². The summed E-state index contributed by atoms with van der Waals surface area (Å²) < 4.78 is 6.16. The Labute approximate surface area is 153 Å². The SMILES string of the molecule is CCCCC1(OC(=O)/C=C\c2ccccc2)CCCCC1CN(C)C. The van der Waals surface area contributed by atoms with Crippen LogP contribution in [0.25, 0.3) is 6.08 Å². The van der Waals surface area contributed by atoms with E-state index in [0.29, 0.717) is 5.92 Å². The first-order valence-corrected chi connectivity index (χ1v) is 9.66. The molecule has 1 aromatic carbocycles. The Morgan fingerprint density at radius 3 is 2.72 bits per heavy atom. The number of rotatable bonds is 8. The van der Waals surface area contributed by atoms with Gasteiger partial charge in [-0.05, 0) is 57.8 Å². The number of ether oxygens (including phenoxy) is 1. The summed E-state index contributed by atoms with van der Waals surface area (Å²) in [6, 6.07) is 9.91. The Morgan fingerprint density at radius 2 is 2.04 bits per heavy atom. The van der Waals surface area contributed by atoms with E-state index in [0.717, 1.165) is 50.6 Å².